The molecule has 1 aromatic heterocycles. The van der Waals surface area contributed by atoms with Crippen molar-refractivity contribution in [3.63, 3.8) is 0 Å². The number of fused-ring (bicyclic) bond motifs is 3. The zero-order valence-electron chi connectivity index (χ0n) is 17.8. The molecule has 0 amide bonds. The maximum Gasteiger partial charge on any atom is 0.165 e. The van der Waals surface area contributed by atoms with Gasteiger partial charge in [0.1, 0.15) is 11.6 Å². The molecule has 30 heavy (non-hydrogen) atoms. The fraction of sp³-hybridized carbons (Fsp3) is 0.462. The molecule has 1 saturated heterocycles. The third-order valence-electron chi connectivity index (χ3n) is 6.94. The largest absolute Gasteiger partial charge is 0.507 e. The Kier molecular flexibility index (Phi) is 5.32. The van der Waals surface area contributed by atoms with E-state index >= 15 is 0 Å². The fourth-order valence-electron chi connectivity index (χ4n) is 5.41. The van der Waals surface area contributed by atoms with E-state index in [1.807, 2.05) is 18.2 Å². The Bertz CT molecular complexity index is 1050. The summed E-state index contributed by atoms with van der Waals surface area (Å²) in [4.78, 5) is 12.4. The van der Waals surface area contributed by atoms with Crippen LogP contribution in [0.25, 0.3) is 22.3 Å². The van der Waals surface area contributed by atoms with Crippen molar-refractivity contribution < 1.29 is 5.11 Å². The molecule has 2 heterocycles. The summed E-state index contributed by atoms with van der Waals surface area (Å²) < 4.78 is 0. The van der Waals surface area contributed by atoms with Crippen LogP contribution in [0.3, 0.4) is 0 Å². The number of aromatic hydroxyl groups is 1. The van der Waals surface area contributed by atoms with E-state index in [0.29, 0.717) is 11.4 Å². The molecule has 156 valence electrons. The minimum atomic E-state index is 0.231. The van der Waals surface area contributed by atoms with E-state index in [2.05, 4.69) is 30.0 Å². The first-order valence-corrected chi connectivity index (χ1v) is 11.5. The number of phenols is 1. The Labute approximate surface area is 179 Å². The van der Waals surface area contributed by atoms with Crippen LogP contribution < -0.4 is 4.90 Å². The van der Waals surface area contributed by atoms with Crippen molar-refractivity contribution in [3.8, 4) is 17.1 Å². The molecule has 5 rings (SSSR count). The average molecular weight is 402 g/mol. The summed E-state index contributed by atoms with van der Waals surface area (Å²) in [6.07, 6.45) is 9.44. The lowest BCUT2D eigenvalue weighted by molar-refractivity contribution is 0.329. The molecule has 2 aliphatic rings. The van der Waals surface area contributed by atoms with Gasteiger partial charge in [-0.15, -0.1) is 0 Å². The highest BCUT2D eigenvalue weighted by Gasteiger charge is 2.27. The zero-order chi connectivity index (χ0) is 20.5. The smallest absolute Gasteiger partial charge is 0.165 e. The highest BCUT2D eigenvalue weighted by atomic mass is 16.3. The van der Waals surface area contributed by atoms with Crippen LogP contribution in [0, 0.1) is 18.8 Å². The number of anilines is 1. The highest BCUT2D eigenvalue weighted by Crippen LogP contribution is 2.37. The van der Waals surface area contributed by atoms with Crippen LogP contribution in [0.4, 0.5) is 5.82 Å². The van der Waals surface area contributed by atoms with Gasteiger partial charge in [0.15, 0.2) is 5.82 Å². The van der Waals surface area contributed by atoms with E-state index in [-0.39, 0.29) is 5.75 Å². The molecule has 1 aliphatic heterocycles. The van der Waals surface area contributed by atoms with Gasteiger partial charge in [0.05, 0.1) is 11.1 Å². The van der Waals surface area contributed by atoms with Crippen molar-refractivity contribution in [1.29, 1.82) is 0 Å². The van der Waals surface area contributed by atoms with E-state index < -0.39 is 0 Å². The second-order valence-electron chi connectivity index (χ2n) is 9.25. The van der Waals surface area contributed by atoms with Gasteiger partial charge in [-0.3, -0.25) is 0 Å². The van der Waals surface area contributed by atoms with Crippen molar-refractivity contribution in [2.24, 2.45) is 11.8 Å². The molecule has 0 radical (unpaired) electrons. The van der Waals surface area contributed by atoms with Crippen LogP contribution in [0.1, 0.15) is 50.5 Å². The normalized spacial score (nSPS) is 22.4. The van der Waals surface area contributed by atoms with Crippen LogP contribution in [0.2, 0.25) is 0 Å². The number of aromatic nitrogens is 2. The van der Waals surface area contributed by atoms with Gasteiger partial charge in [-0.05, 0) is 74.3 Å². The summed E-state index contributed by atoms with van der Waals surface area (Å²) in [5.74, 6) is 3.54. The molecule has 4 nitrogen and oxygen atoms in total. The van der Waals surface area contributed by atoms with Crippen LogP contribution in [0.15, 0.2) is 42.5 Å². The van der Waals surface area contributed by atoms with Crippen molar-refractivity contribution >= 4 is 16.7 Å². The molecule has 2 bridgehead atoms. The second-order valence-corrected chi connectivity index (χ2v) is 9.25. The topological polar surface area (TPSA) is 49.2 Å². The lowest BCUT2D eigenvalue weighted by Crippen LogP contribution is -2.34. The monoisotopic (exact) mass is 401 g/mol. The Hall–Kier alpha value is -2.62. The number of rotatable bonds is 2. The Morgan fingerprint density at radius 2 is 1.73 bits per heavy atom. The third-order valence-corrected chi connectivity index (χ3v) is 6.94. The molecule has 3 aromatic rings. The summed E-state index contributed by atoms with van der Waals surface area (Å²) in [5.41, 5.74) is 2.84. The van der Waals surface area contributed by atoms with Gasteiger partial charge in [0.2, 0.25) is 0 Å². The molecule has 0 spiro atoms. The Morgan fingerprint density at radius 3 is 2.60 bits per heavy atom. The van der Waals surface area contributed by atoms with Gasteiger partial charge >= 0.3 is 0 Å². The highest BCUT2D eigenvalue weighted by molar-refractivity contribution is 5.91. The molecule has 4 heteroatoms. The molecule has 2 aromatic carbocycles. The van der Waals surface area contributed by atoms with Crippen molar-refractivity contribution in [3.05, 3.63) is 48.0 Å². The molecule has 1 saturated carbocycles. The number of benzene rings is 2. The van der Waals surface area contributed by atoms with Gasteiger partial charge in [-0.2, -0.15) is 0 Å². The number of hydrogen-bond acceptors (Lipinski definition) is 4. The SMILES string of the molecule is Cc1ccc2c(N3CCCC4CCCCC(C4)C3)nc(-c3ccccc3O)nc2c1. The van der Waals surface area contributed by atoms with E-state index in [9.17, 15) is 5.11 Å². The summed E-state index contributed by atoms with van der Waals surface area (Å²) in [6.45, 7) is 4.23. The number of phenolic OH excluding ortho intramolecular Hbond substituents is 1. The lowest BCUT2D eigenvalue weighted by Gasteiger charge is -2.33. The molecule has 1 aliphatic carbocycles. The summed E-state index contributed by atoms with van der Waals surface area (Å²) in [7, 11) is 0. The fourth-order valence-corrected chi connectivity index (χ4v) is 5.41. The lowest BCUT2D eigenvalue weighted by atomic mass is 9.87. The molecular weight excluding hydrogens is 370 g/mol. The molecular formula is C26H31N3O. The first-order chi connectivity index (χ1) is 14.7. The van der Waals surface area contributed by atoms with Gasteiger partial charge in [-0.1, -0.05) is 37.5 Å². The van der Waals surface area contributed by atoms with E-state index in [0.717, 1.165) is 41.6 Å². The quantitative estimate of drug-likeness (QED) is 0.563. The van der Waals surface area contributed by atoms with Crippen LogP contribution in [-0.2, 0) is 0 Å². The Balaban J connectivity index is 1.61. The van der Waals surface area contributed by atoms with Crippen LogP contribution in [-0.4, -0.2) is 28.2 Å². The van der Waals surface area contributed by atoms with Gasteiger partial charge in [-0.25, -0.2) is 9.97 Å². The van der Waals surface area contributed by atoms with Crippen LogP contribution >= 0.6 is 0 Å². The summed E-state index contributed by atoms with van der Waals surface area (Å²) in [5, 5.41) is 11.5. The maximum atomic E-state index is 10.4. The maximum absolute atomic E-state index is 10.4. The number of para-hydroxylation sites is 1. The van der Waals surface area contributed by atoms with E-state index in [1.54, 1.807) is 6.07 Å². The number of nitrogens with zero attached hydrogens (tertiary/aromatic N) is 3. The zero-order valence-corrected chi connectivity index (χ0v) is 17.8. The van der Waals surface area contributed by atoms with Crippen molar-refractivity contribution in [1.82, 2.24) is 9.97 Å². The van der Waals surface area contributed by atoms with Crippen molar-refractivity contribution in [2.75, 3.05) is 18.0 Å². The number of aryl methyl sites for hydroxylation is 1. The van der Waals surface area contributed by atoms with Gasteiger partial charge < -0.3 is 10.0 Å². The minimum Gasteiger partial charge on any atom is -0.507 e. The first kappa shape index (κ1) is 19.3. The molecule has 2 fully saturated rings. The predicted molar refractivity (Wildman–Crippen MR) is 123 cm³/mol. The third kappa shape index (κ3) is 3.88. The van der Waals surface area contributed by atoms with Crippen LogP contribution in [0.5, 0.6) is 5.75 Å². The standard InChI is InChI=1S/C26H31N3O/c1-18-12-13-21-23(15-18)27-25(22-10-4-5-11-24(22)30)28-26(21)29-14-6-9-19-7-2-3-8-20(16-19)17-29/h4-5,10-13,15,19-20,30H,2-3,6-9,14,16-17H2,1H3. The first-order valence-electron chi connectivity index (χ1n) is 11.5. The van der Waals surface area contributed by atoms with Gasteiger partial charge in [0.25, 0.3) is 0 Å². The average Bonchev–Trinajstić information content (AvgIpc) is 2.97. The van der Waals surface area contributed by atoms with E-state index in [1.165, 1.54) is 50.5 Å². The number of hydrogen-bond donors (Lipinski definition) is 1. The second kappa shape index (κ2) is 8.25. The van der Waals surface area contributed by atoms with E-state index in [4.69, 9.17) is 9.97 Å². The van der Waals surface area contributed by atoms with Crippen molar-refractivity contribution in [2.45, 2.75) is 51.9 Å². The molecule has 1 N–H and O–H groups in total. The minimum absolute atomic E-state index is 0.231. The Morgan fingerprint density at radius 1 is 0.933 bits per heavy atom. The summed E-state index contributed by atoms with van der Waals surface area (Å²) in [6, 6.07) is 13.8. The summed E-state index contributed by atoms with van der Waals surface area (Å²) >= 11 is 0. The van der Waals surface area contributed by atoms with Gasteiger partial charge in [0, 0.05) is 18.5 Å². The molecule has 2 atom stereocenters. The predicted octanol–water partition coefficient (Wildman–Crippen LogP) is 6.11. The molecule has 2 unspecified atom stereocenters.